The van der Waals surface area contributed by atoms with Gasteiger partial charge in [0, 0.05) is 6.42 Å². The SMILES string of the molecule is COC(=O)C(CC(C)C)NC(=O)CC1CCCc2ccccc21. The van der Waals surface area contributed by atoms with Gasteiger partial charge in [-0.2, -0.15) is 0 Å². The molecular formula is C19H27NO3. The number of aryl methyl sites for hydroxylation is 1. The van der Waals surface area contributed by atoms with E-state index in [4.69, 9.17) is 4.74 Å². The number of carbonyl (C=O) groups excluding carboxylic acids is 2. The number of nitrogens with one attached hydrogen (secondary N) is 1. The number of ether oxygens (including phenoxy) is 1. The fraction of sp³-hybridized carbons (Fsp3) is 0.579. The molecule has 0 radical (unpaired) electrons. The number of hydrogen-bond donors (Lipinski definition) is 1. The lowest BCUT2D eigenvalue weighted by molar-refractivity contribution is -0.145. The van der Waals surface area contributed by atoms with Crippen LogP contribution in [0.3, 0.4) is 0 Å². The second kappa shape index (κ2) is 8.14. The van der Waals surface area contributed by atoms with Crippen LogP contribution >= 0.6 is 0 Å². The molecule has 0 spiro atoms. The summed E-state index contributed by atoms with van der Waals surface area (Å²) in [6, 6.07) is 7.81. The average Bonchev–Trinajstić information content (AvgIpc) is 2.53. The molecule has 0 aliphatic heterocycles. The maximum absolute atomic E-state index is 12.4. The number of amides is 1. The zero-order chi connectivity index (χ0) is 16.8. The third kappa shape index (κ3) is 4.81. The van der Waals surface area contributed by atoms with Gasteiger partial charge in [0.05, 0.1) is 7.11 Å². The Balaban J connectivity index is 2.00. The van der Waals surface area contributed by atoms with Crippen LogP contribution in [-0.2, 0) is 20.7 Å². The number of hydrogen-bond acceptors (Lipinski definition) is 3. The Labute approximate surface area is 138 Å². The molecule has 0 heterocycles. The van der Waals surface area contributed by atoms with Crippen LogP contribution in [0, 0.1) is 5.92 Å². The molecule has 2 atom stereocenters. The summed E-state index contributed by atoms with van der Waals surface area (Å²) in [4.78, 5) is 24.3. The standard InChI is InChI=1S/C19H27NO3/c1-13(2)11-17(19(22)23-3)20-18(21)12-15-9-6-8-14-7-4-5-10-16(14)15/h4-5,7,10,13,15,17H,6,8-9,11-12H2,1-3H3,(H,20,21). The lowest BCUT2D eigenvalue weighted by Crippen LogP contribution is -2.42. The van der Waals surface area contributed by atoms with E-state index in [2.05, 4.69) is 23.5 Å². The fourth-order valence-corrected chi connectivity index (χ4v) is 3.37. The summed E-state index contributed by atoms with van der Waals surface area (Å²) in [5.41, 5.74) is 2.63. The van der Waals surface area contributed by atoms with Gasteiger partial charge >= 0.3 is 5.97 Å². The molecule has 23 heavy (non-hydrogen) atoms. The van der Waals surface area contributed by atoms with Crippen molar-refractivity contribution in [3.8, 4) is 0 Å². The van der Waals surface area contributed by atoms with E-state index in [9.17, 15) is 9.59 Å². The van der Waals surface area contributed by atoms with E-state index in [1.807, 2.05) is 19.9 Å². The highest BCUT2D eigenvalue weighted by Crippen LogP contribution is 2.33. The monoisotopic (exact) mass is 317 g/mol. The van der Waals surface area contributed by atoms with Crippen molar-refractivity contribution in [1.82, 2.24) is 5.32 Å². The summed E-state index contributed by atoms with van der Waals surface area (Å²) in [5, 5.41) is 2.86. The first-order chi connectivity index (χ1) is 11.0. The van der Waals surface area contributed by atoms with Gasteiger partial charge in [0.2, 0.25) is 5.91 Å². The van der Waals surface area contributed by atoms with Crippen LogP contribution in [0.5, 0.6) is 0 Å². The minimum absolute atomic E-state index is 0.0669. The second-order valence-corrected chi connectivity index (χ2v) is 6.76. The summed E-state index contributed by atoms with van der Waals surface area (Å²) in [5.74, 6) is 0.131. The lowest BCUT2D eigenvalue weighted by Gasteiger charge is -2.26. The molecule has 1 amide bonds. The van der Waals surface area contributed by atoms with Crippen molar-refractivity contribution in [2.45, 2.75) is 57.9 Å². The number of benzene rings is 1. The quantitative estimate of drug-likeness (QED) is 0.820. The van der Waals surface area contributed by atoms with E-state index in [1.54, 1.807) is 0 Å². The number of rotatable bonds is 6. The van der Waals surface area contributed by atoms with Crippen LogP contribution in [0.25, 0.3) is 0 Å². The van der Waals surface area contributed by atoms with Crippen molar-refractivity contribution < 1.29 is 14.3 Å². The van der Waals surface area contributed by atoms with Crippen molar-refractivity contribution in [1.29, 1.82) is 0 Å². The highest BCUT2D eigenvalue weighted by atomic mass is 16.5. The highest BCUT2D eigenvalue weighted by Gasteiger charge is 2.26. The Kier molecular flexibility index (Phi) is 6.20. The van der Waals surface area contributed by atoms with E-state index in [-0.39, 0.29) is 17.8 Å². The molecule has 1 aliphatic rings. The molecule has 1 aromatic carbocycles. The first kappa shape index (κ1) is 17.5. The lowest BCUT2D eigenvalue weighted by atomic mass is 9.81. The molecule has 0 saturated carbocycles. The van der Waals surface area contributed by atoms with Crippen LogP contribution in [-0.4, -0.2) is 25.0 Å². The van der Waals surface area contributed by atoms with E-state index in [0.29, 0.717) is 18.8 Å². The van der Waals surface area contributed by atoms with Gasteiger partial charge in [-0.05, 0) is 48.6 Å². The summed E-state index contributed by atoms with van der Waals surface area (Å²) >= 11 is 0. The van der Waals surface area contributed by atoms with Gasteiger partial charge in [-0.3, -0.25) is 4.79 Å². The number of fused-ring (bicyclic) bond motifs is 1. The third-order valence-corrected chi connectivity index (χ3v) is 4.45. The Morgan fingerprint density at radius 1 is 1.30 bits per heavy atom. The Hall–Kier alpha value is -1.84. The van der Waals surface area contributed by atoms with E-state index >= 15 is 0 Å². The maximum Gasteiger partial charge on any atom is 0.328 e. The fourth-order valence-electron chi connectivity index (χ4n) is 3.37. The maximum atomic E-state index is 12.4. The Bertz CT molecular complexity index is 553. The summed E-state index contributed by atoms with van der Waals surface area (Å²) in [6.45, 7) is 4.05. The van der Waals surface area contributed by atoms with Crippen molar-refractivity contribution in [2.75, 3.05) is 7.11 Å². The predicted molar refractivity (Wildman–Crippen MR) is 90.1 cm³/mol. The second-order valence-electron chi connectivity index (χ2n) is 6.76. The molecule has 2 rings (SSSR count). The predicted octanol–water partition coefficient (Wildman–Crippen LogP) is 3.20. The van der Waals surface area contributed by atoms with Crippen molar-refractivity contribution >= 4 is 11.9 Å². The van der Waals surface area contributed by atoms with Crippen molar-refractivity contribution in [3.05, 3.63) is 35.4 Å². The van der Waals surface area contributed by atoms with Gasteiger partial charge in [-0.25, -0.2) is 4.79 Å². The molecule has 2 unspecified atom stereocenters. The number of esters is 1. The summed E-state index contributed by atoms with van der Waals surface area (Å²) < 4.78 is 4.81. The van der Waals surface area contributed by atoms with E-state index in [0.717, 1.165) is 19.3 Å². The van der Waals surface area contributed by atoms with E-state index in [1.165, 1.54) is 18.2 Å². The molecule has 4 nitrogen and oxygen atoms in total. The molecular weight excluding hydrogens is 290 g/mol. The topological polar surface area (TPSA) is 55.4 Å². The Morgan fingerprint density at radius 2 is 2.04 bits per heavy atom. The molecule has 126 valence electrons. The zero-order valence-corrected chi connectivity index (χ0v) is 14.3. The van der Waals surface area contributed by atoms with Gasteiger partial charge in [0.25, 0.3) is 0 Å². The van der Waals surface area contributed by atoms with Crippen LogP contribution in [0.2, 0.25) is 0 Å². The van der Waals surface area contributed by atoms with Crippen LogP contribution in [0.15, 0.2) is 24.3 Å². The third-order valence-electron chi connectivity index (χ3n) is 4.45. The normalized spacial score (nSPS) is 18.2. The minimum atomic E-state index is -0.550. The van der Waals surface area contributed by atoms with Crippen molar-refractivity contribution in [3.63, 3.8) is 0 Å². The molecule has 0 aromatic heterocycles. The van der Waals surface area contributed by atoms with Gasteiger partial charge in [-0.15, -0.1) is 0 Å². The van der Waals surface area contributed by atoms with Gasteiger partial charge < -0.3 is 10.1 Å². The first-order valence-electron chi connectivity index (χ1n) is 8.46. The van der Waals surface area contributed by atoms with E-state index < -0.39 is 6.04 Å². The highest BCUT2D eigenvalue weighted by molar-refractivity contribution is 5.84. The minimum Gasteiger partial charge on any atom is -0.467 e. The van der Waals surface area contributed by atoms with Gasteiger partial charge in [0.15, 0.2) is 0 Å². The van der Waals surface area contributed by atoms with Gasteiger partial charge in [0.1, 0.15) is 6.04 Å². The summed E-state index contributed by atoms with van der Waals surface area (Å²) in [7, 11) is 1.36. The average molecular weight is 317 g/mol. The molecule has 4 heteroatoms. The van der Waals surface area contributed by atoms with Crippen molar-refractivity contribution in [2.24, 2.45) is 5.92 Å². The molecule has 1 aromatic rings. The van der Waals surface area contributed by atoms with Crippen LogP contribution < -0.4 is 5.32 Å². The largest absolute Gasteiger partial charge is 0.467 e. The molecule has 0 fully saturated rings. The van der Waals surface area contributed by atoms with Gasteiger partial charge in [-0.1, -0.05) is 38.1 Å². The van der Waals surface area contributed by atoms with Crippen LogP contribution in [0.1, 0.15) is 56.6 Å². The molecule has 0 saturated heterocycles. The van der Waals surface area contributed by atoms with Crippen LogP contribution in [0.4, 0.5) is 0 Å². The number of carbonyl (C=O) groups is 2. The zero-order valence-electron chi connectivity index (χ0n) is 14.3. The first-order valence-corrected chi connectivity index (χ1v) is 8.46. The molecule has 1 N–H and O–H groups in total. The smallest absolute Gasteiger partial charge is 0.328 e. The summed E-state index contributed by atoms with van der Waals surface area (Å²) in [6.07, 6.45) is 4.26. The Morgan fingerprint density at radius 3 is 2.74 bits per heavy atom. The molecule has 1 aliphatic carbocycles. The number of methoxy groups -OCH3 is 1. The molecule has 0 bridgehead atoms.